The van der Waals surface area contributed by atoms with Gasteiger partial charge in [0.05, 0.1) is 24.4 Å². The number of pyridine rings is 1. The third-order valence-electron chi connectivity index (χ3n) is 5.66. The first-order chi connectivity index (χ1) is 13.7. The molecular formula is C23H21FN2O2. The van der Waals surface area contributed by atoms with Gasteiger partial charge >= 0.3 is 0 Å². The number of aromatic amines is 1. The number of nitrogens with zero attached hydrogens (tertiary/aromatic N) is 1. The van der Waals surface area contributed by atoms with E-state index < -0.39 is 6.10 Å². The predicted molar refractivity (Wildman–Crippen MR) is 107 cm³/mol. The van der Waals surface area contributed by atoms with Gasteiger partial charge in [0, 0.05) is 34.0 Å². The van der Waals surface area contributed by atoms with E-state index >= 15 is 0 Å². The van der Waals surface area contributed by atoms with Gasteiger partial charge in [-0.2, -0.15) is 0 Å². The number of aliphatic hydroxyl groups excluding tert-OH is 1. The first-order valence-electron chi connectivity index (χ1n) is 9.58. The standard InChI is InChI=1S/C23H21FN2O2/c1-28-20-10-9-13(11-15(20)24)12-18-23-21(14-5-2-3-6-16(14)26-23)22-17(25-18)7-4-8-19(22)27/h2-3,5-6,9-11,19,26-27H,4,7-8,12H2,1H3. The smallest absolute Gasteiger partial charge is 0.165 e. The number of benzene rings is 2. The molecule has 0 radical (unpaired) electrons. The molecule has 0 saturated heterocycles. The third kappa shape index (κ3) is 2.66. The molecule has 0 fully saturated rings. The van der Waals surface area contributed by atoms with Gasteiger partial charge < -0.3 is 14.8 Å². The molecule has 1 aliphatic carbocycles. The van der Waals surface area contributed by atoms with Crippen LogP contribution < -0.4 is 4.74 Å². The van der Waals surface area contributed by atoms with Crippen molar-refractivity contribution < 1.29 is 14.2 Å². The molecule has 1 unspecified atom stereocenters. The van der Waals surface area contributed by atoms with Crippen LogP contribution in [0.3, 0.4) is 0 Å². The fourth-order valence-corrected chi connectivity index (χ4v) is 4.36. The summed E-state index contributed by atoms with van der Waals surface area (Å²) in [5, 5.41) is 12.8. The number of para-hydroxylation sites is 1. The lowest BCUT2D eigenvalue weighted by Gasteiger charge is -2.23. The number of fused-ring (bicyclic) bond motifs is 5. The number of hydrogen-bond donors (Lipinski definition) is 2. The van der Waals surface area contributed by atoms with Gasteiger partial charge in [0.15, 0.2) is 11.6 Å². The van der Waals surface area contributed by atoms with E-state index in [2.05, 4.69) is 11.1 Å². The number of aromatic nitrogens is 2. The summed E-state index contributed by atoms with van der Waals surface area (Å²) < 4.78 is 19.2. The summed E-state index contributed by atoms with van der Waals surface area (Å²) >= 11 is 0. The lowest BCUT2D eigenvalue weighted by Crippen LogP contribution is -2.13. The number of nitrogens with one attached hydrogen (secondary N) is 1. The van der Waals surface area contributed by atoms with Crippen molar-refractivity contribution in [1.29, 1.82) is 0 Å². The Balaban J connectivity index is 1.73. The number of halogens is 1. The second-order valence-corrected chi connectivity index (χ2v) is 7.39. The van der Waals surface area contributed by atoms with Gasteiger partial charge in [-0.25, -0.2) is 4.39 Å². The van der Waals surface area contributed by atoms with E-state index in [9.17, 15) is 9.50 Å². The maximum absolute atomic E-state index is 14.2. The van der Waals surface area contributed by atoms with Crippen LogP contribution in [0.25, 0.3) is 21.8 Å². The maximum atomic E-state index is 14.2. The van der Waals surface area contributed by atoms with Crippen LogP contribution in [0.1, 0.15) is 41.5 Å². The highest BCUT2D eigenvalue weighted by molar-refractivity contribution is 6.10. The molecule has 4 aromatic rings. The highest BCUT2D eigenvalue weighted by atomic mass is 19.1. The summed E-state index contributed by atoms with van der Waals surface area (Å²) in [6, 6.07) is 13.1. The van der Waals surface area contributed by atoms with Crippen molar-refractivity contribution in [2.24, 2.45) is 0 Å². The summed E-state index contributed by atoms with van der Waals surface area (Å²) in [5.41, 5.74) is 5.57. The Hall–Kier alpha value is -2.92. The topological polar surface area (TPSA) is 58.1 Å². The van der Waals surface area contributed by atoms with Gasteiger partial charge in [0.25, 0.3) is 0 Å². The van der Waals surface area contributed by atoms with Crippen LogP contribution >= 0.6 is 0 Å². The number of aryl methyl sites for hydroxylation is 1. The van der Waals surface area contributed by atoms with Gasteiger partial charge in [-0.1, -0.05) is 24.3 Å². The minimum Gasteiger partial charge on any atom is -0.494 e. The molecule has 5 heteroatoms. The summed E-state index contributed by atoms with van der Waals surface area (Å²) in [6.45, 7) is 0. The molecule has 2 aromatic carbocycles. The molecule has 2 aromatic heterocycles. The number of rotatable bonds is 3. The Morgan fingerprint density at radius 1 is 1.25 bits per heavy atom. The van der Waals surface area contributed by atoms with E-state index in [4.69, 9.17) is 9.72 Å². The minimum absolute atomic E-state index is 0.237. The van der Waals surface area contributed by atoms with E-state index in [0.717, 1.165) is 63.6 Å². The first-order valence-corrected chi connectivity index (χ1v) is 9.58. The van der Waals surface area contributed by atoms with Gasteiger partial charge in [-0.3, -0.25) is 4.98 Å². The molecule has 0 aliphatic heterocycles. The van der Waals surface area contributed by atoms with Crippen LogP contribution in [-0.4, -0.2) is 22.2 Å². The van der Waals surface area contributed by atoms with Crippen molar-refractivity contribution in [2.45, 2.75) is 31.8 Å². The van der Waals surface area contributed by atoms with Gasteiger partial charge in [-0.05, 0) is 43.0 Å². The number of methoxy groups -OCH3 is 1. The molecule has 1 atom stereocenters. The molecular weight excluding hydrogens is 355 g/mol. The Bertz CT molecular complexity index is 1200. The van der Waals surface area contributed by atoms with Crippen LogP contribution in [0.5, 0.6) is 5.75 Å². The Kier molecular flexibility index (Phi) is 4.05. The van der Waals surface area contributed by atoms with Crippen molar-refractivity contribution in [2.75, 3.05) is 7.11 Å². The molecule has 0 amide bonds. The first kappa shape index (κ1) is 17.2. The number of aliphatic hydroxyl groups is 1. The predicted octanol–water partition coefficient (Wildman–Crippen LogP) is 4.82. The number of hydrogen-bond acceptors (Lipinski definition) is 3. The van der Waals surface area contributed by atoms with E-state index in [-0.39, 0.29) is 11.6 Å². The fourth-order valence-electron chi connectivity index (χ4n) is 4.36. The average Bonchev–Trinajstić information content (AvgIpc) is 3.08. The van der Waals surface area contributed by atoms with Crippen molar-refractivity contribution in [1.82, 2.24) is 9.97 Å². The lowest BCUT2D eigenvalue weighted by atomic mass is 9.89. The minimum atomic E-state index is -0.495. The molecule has 0 spiro atoms. The highest BCUT2D eigenvalue weighted by Crippen LogP contribution is 2.39. The molecule has 4 nitrogen and oxygen atoms in total. The van der Waals surface area contributed by atoms with Crippen molar-refractivity contribution in [3.63, 3.8) is 0 Å². The zero-order valence-electron chi connectivity index (χ0n) is 15.6. The lowest BCUT2D eigenvalue weighted by molar-refractivity contribution is 0.157. The van der Waals surface area contributed by atoms with E-state index in [1.165, 1.54) is 13.2 Å². The van der Waals surface area contributed by atoms with Gasteiger partial charge in [-0.15, -0.1) is 0 Å². The molecule has 2 heterocycles. The van der Waals surface area contributed by atoms with Gasteiger partial charge in [0.1, 0.15) is 0 Å². The van der Waals surface area contributed by atoms with E-state index in [1.807, 2.05) is 24.3 Å². The molecule has 2 N–H and O–H groups in total. The molecule has 0 saturated carbocycles. The summed E-state index contributed by atoms with van der Waals surface area (Å²) in [5.74, 6) is -0.137. The third-order valence-corrected chi connectivity index (χ3v) is 5.66. The van der Waals surface area contributed by atoms with Crippen LogP contribution in [-0.2, 0) is 12.8 Å². The zero-order valence-corrected chi connectivity index (χ0v) is 15.6. The summed E-state index contributed by atoms with van der Waals surface area (Å²) in [7, 11) is 1.46. The number of H-pyrrole nitrogens is 1. The molecule has 1 aliphatic rings. The van der Waals surface area contributed by atoms with Crippen molar-refractivity contribution >= 4 is 21.8 Å². The van der Waals surface area contributed by atoms with Crippen molar-refractivity contribution in [3.8, 4) is 5.75 Å². The largest absolute Gasteiger partial charge is 0.494 e. The van der Waals surface area contributed by atoms with E-state index in [1.54, 1.807) is 6.07 Å². The second-order valence-electron chi connectivity index (χ2n) is 7.39. The monoisotopic (exact) mass is 376 g/mol. The zero-order chi connectivity index (χ0) is 19.3. The molecule has 142 valence electrons. The Morgan fingerprint density at radius 3 is 2.93 bits per heavy atom. The Morgan fingerprint density at radius 2 is 2.11 bits per heavy atom. The Labute approximate surface area is 162 Å². The van der Waals surface area contributed by atoms with Crippen LogP contribution in [0.4, 0.5) is 4.39 Å². The molecule has 28 heavy (non-hydrogen) atoms. The quantitative estimate of drug-likeness (QED) is 0.539. The van der Waals surface area contributed by atoms with Crippen LogP contribution in [0, 0.1) is 5.82 Å². The SMILES string of the molecule is COc1ccc(Cc2nc3c(c4c2[nH]c2ccccc24)C(O)CCC3)cc1F. The summed E-state index contributed by atoms with van der Waals surface area (Å²) in [6.07, 6.45) is 2.54. The normalized spacial score (nSPS) is 16.5. The second kappa shape index (κ2) is 6.60. The maximum Gasteiger partial charge on any atom is 0.165 e. The fraction of sp³-hybridized carbons (Fsp3) is 0.261. The molecule has 0 bridgehead atoms. The van der Waals surface area contributed by atoms with Crippen LogP contribution in [0.2, 0.25) is 0 Å². The average molecular weight is 376 g/mol. The highest BCUT2D eigenvalue weighted by Gasteiger charge is 2.26. The number of ether oxygens (including phenoxy) is 1. The van der Waals surface area contributed by atoms with Crippen LogP contribution in [0.15, 0.2) is 42.5 Å². The van der Waals surface area contributed by atoms with Crippen molar-refractivity contribution in [3.05, 3.63) is 70.8 Å². The summed E-state index contributed by atoms with van der Waals surface area (Å²) in [4.78, 5) is 8.39. The molecule has 5 rings (SSSR count). The van der Waals surface area contributed by atoms with Gasteiger partial charge in [0.2, 0.25) is 0 Å². The van der Waals surface area contributed by atoms with E-state index in [0.29, 0.717) is 6.42 Å².